The molecule has 0 saturated carbocycles. The summed E-state index contributed by atoms with van der Waals surface area (Å²) in [5, 5.41) is 6.09. The lowest BCUT2D eigenvalue weighted by Gasteiger charge is -2.33. The van der Waals surface area contributed by atoms with Gasteiger partial charge in [-0.15, -0.1) is 0 Å². The van der Waals surface area contributed by atoms with E-state index in [1.54, 1.807) is 26.4 Å². The zero-order chi connectivity index (χ0) is 23.8. The summed E-state index contributed by atoms with van der Waals surface area (Å²) in [6, 6.07) is 13.2. The van der Waals surface area contributed by atoms with E-state index >= 15 is 0 Å². The van der Waals surface area contributed by atoms with Crippen molar-refractivity contribution in [2.45, 2.75) is 26.7 Å². The summed E-state index contributed by atoms with van der Waals surface area (Å²) in [5.41, 5.74) is 3.41. The highest BCUT2D eigenvalue weighted by molar-refractivity contribution is 6.09. The second kappa shape index (κ2) is 8.54. The lowest BCUT2D eigenvalue weighted by Crippen LogP contribution is -2.43. The highest BCUT2D eigenvalue weighted by atomic mass is 16.2. The highest BCUT2D eigenvalue weighted by Crippen LogP contribution is 2.44. The number of benzene rings is 1. The number of aromatic nitrogens is 2. The van der Waals surface area contributed by atoms with Crippen LogP contribution < -0.4 is 10.6 Å². The van der Waals surface area contributed by atoms with Gasteiger partial charge in [-0.05, 0) is 31.2 Å². The molecule has 0 spiro atoms. The van der Waals surface area contributed by atoms with Crippen molar-refractivity contribution in [2.75, 3.05) is 24.7 Å². The van der Waals surface area contributed by atoms with Crippen LogP contribution in [0.15, 0.2) is 48.7 Å². The largest absolute Gasteiger partial charge is 0.356 e. The maximum absolute atomic E-state index is 13.4. The molecule has 3 aromatic rings. The number of anilines is 3. The number of nitrogens with zero attached hydrogens (tertiary/aromatic N) is 2. The number of hydrogen-bond acceptors (Lipinski definition) is 5. The Hall–Kier alpha value is -3.94. The summed E-state index contributed by atoms with van der Waals surface area (Å²) >= 11 is 0. The lowest BCUT2D eigenvalue weighted by atomic mass is 9.73. The molecule has 0 radical (unpaired) electrons. The molecule has 0 saturated heterocycles. The molecule has 2 amide bonds. The predicted octanol–water partition coefficient (Wildman–Crippen LogP) is 4.00. The number of carbonyl (C=O) groups is 3. The van der Waals surface area contributed by atoms with Crippen molar-refractivity contribution in [3.8, 4) is 11.3 Å². The number of para-hydroxylation sites is 1. The molecule has 8 nitrogen and oxygen atoms in total. The van der Waals surface area contributed by atoms with Gasteiger partial charge in [-0.1, -0.05) is 18.2 Å². The first-order chi connectivity index (χ1) is 15.7. The molecular weight excluding hydrogens is 418 g/mol. The van der Waals surface area contributed by atoms with Crippen molar-refractivity contribution in [3.63, 3.8) is 0 Å². The number of carbonyl (C=O) groups excluding carboxylic acids is 3. The fraction of sp³-hybridized carbons (Fsp3) is 0.280. The second-order valence-electron chi connectivity index (χ2n) is 8.87. The Morgan fingerprint density at radius 2 is 1.85 bits per heavy atom. The van der Waals surface area contributed by atoms with Crippen molar-refractivity contribution in [2.24, 2.45) is 5.41 Å². The third kappa shape index (κ3) is 4.37. The molecule has 170 valence electrons. The summed E-state index contributed by atoms with van der Waals surface area (Å²) in [7, 11) is 3.41. The number of aromatic amines is 1. The van der Waals surface area contributed by atoms with Crippen LogP contribution >= 0.6 is 0 Å². The molecule has 0 aliphatic heterocycles. The van der Waals surface area contributed by atoms with E-state index in [2.05, 4.69) is 20.6 Å². The first-order valence-electron chi connectivity index (χ1n) is 10.7. The molecule has 2 aromatic heterocycles. The van der Waals surface area contributed by atoms with Crippen LogP contribution in [0.4, 0.5) is 17.2 Å². The summed E-state index contributed by atoms with van der Waals surface area (Å²) in [4.78, 5) is 46.9. The number of pyridine rings is 1. The second-order valence-corrected chi connectivity index (χ2v) is 8.87. The number of Topliss-reactive ketones (excluding diaryl/α,β-unsaturated/α-hetero) is 1. The fourth-order valence-electron chi connectivity index (χ4n) is 4.42. The number of hydrogen-bond donors (Lipinski definition) is 3. The molecule has 0 fully saturated rings. The average Bonchev–Trinajstić information content (AvgIpc) is 3.11. The number of ketones is 1. The minimum atomic E-state index is -0.820. The zero-order valence-electron chi connectivity index (χ0n) is 19.2. The fourth-order valence-corrected chi connectivity index (χ4v) is 4.42. The Balaban J connectivity index is 1.85. The highest BCUT2D eigenvalue weighted by Gasteiger charge is 2.44. The molecule has 8 heteroatoms. The third-order valence-corrected chi connectivity index (χ3v) is 5.79. The van der Waals surface area contributed by atoms with E-state index in [0.29, 0.717) is 29.2 Å². The van der Waals surface area contributed by atoms with Gasteiger partial charge < -0.3 is 20.5 Å². The van der Waals surface area contributed by atoms with E-state index in [1.807, 2.05) is 43.3 Å². The molecule has 33 heavy (non-hydrogen) atoms. The predicted molar refractivity (Wildman–Crippen MR) is 128 cm³/mol. The molecule has 4 rings (SSSR count). The number of rotatable bonds is 5. The molecule has 2 heterocycles. The monoisotopic (exact) mass is 445 g/mol. The van der Waals surface area contributed by atoms with Crippen LogP contribution in [0.3, 0.4) is 0 Å². The van der Waals surface area contributed by atoms with Gasteiger partial charge in [0.05, 0.1) is 22.4 Å². The van der Waals surface area contributed by atoms with Gasteiger partial charge in [0, 0.05) is 57.0 Å². The topological polar surface area (TPSA) is 107 Å². The van der Waals surface area contributed by atoms with Crippen LogP contribution in [-0.4, -0.2) is 46.6 Å². The Labute approximate surface area is 192 Å². The van der Waals surface area contributed by atoms with Gasteiger partial charge in [0.15, 0.2) is 5.78 Å². The van der Waals surface area contributed by atoms with Crippen molar-refractivity contribution >= 4 is 34.8 Å². The molecule has 1 unspecified atom stereocenters. The standard InChI is InChI=1S/C25H27N5O3/c1-15(31)27-20-12-16(10-11-26-20)22-23(28-17-8-6-5-7-9-17)21-18(29-22)13-25(2,14-19(21)32)24(33)30(3)4/h5-12,28-29H,13-14H2,1-4H3,(H,26,27,31). The van der Waals surface area contributed by atoms with Crippen LogP contribution in [0, 0.1) is 5.41 Å². The Morgan fingerprint density at radius 1 is 1.12 bits per heavy atom. The summed E-state index contributed by atoms with van der Waals surface area (Å²) in [6.45, 7) is 3.26. The first kappa shape index (κ1) is 22.3. The minimum Gasteiger partial charge on any atom is -0.356 e. The molecule has 1 atom stereocenters. The van der Waals surface area contributed by atoms with Gasteiger partial charge in [0.2, 0.25) is 11.8 Å². The number of nitrogens with one attached hydrogen (secondary N) is 3. The van der Waals surface area contributed by atoms with Gasteiger partial charge in [0.1, 0.15) is 5.82 Å². The van der Waals surface area contributed by atoms with Gasteiger partial charge in [-0.25, -0.2) is 4.98 Å². The van der Waals surface area contributed by atoms with Crippen LogP contribution in [-0.2, 0) is 16.0 Å². The van der Waals surface area contributed by atoms with E-state index in [-0.39, 0.29) is 24.0 Å². The number of amides is 2. The normalized spacial score (nSPS) is 17.3. The van der Waals surface area contributed by atoms with E-state index < -0.39 is 5.41 Å². The van der Waals surface area contributed by atoms with E-state index in [4.69, 9.17) is 0 Å². The van der Waals surface area contributed by atoms with Crippen LogP contribution in [0.25, 0.3) is 11.3 Å². The molecule has 3 N–H and O–H groups in total. The van der Waals surface area contributed by atoms with Crippen molar-refractivity contribution in [1.82, 2.24) is 14.9 Å². The van der Waals surface area contributed by atoms with Crippen molar-refractivity contribution in [1.29, 1.82) is 0 Å². The third-order valence-electron chi connectivity index (χ3n) is 5.79. The zero-order valence-corrected chi connectivity index (χ0v) is 19.2. The van der Waals surface area contributed by atoms with Crippen LogP contribution in [0.1, 0.15) is 36.3 Å². The molecule has 1 aliphatic rings. The summed E-state index contributed by atoms with van der Waals surface area (Å²) in [5.74, 6) is 0.0245. The number of H-pyrrole nitrogens is 1. The van der Waals surface area contributed by atoms with E-state index in [0.717, 1.165) is 16.9 Å². The minimum absolute atomic E-state index is 0.0768. The first-order valence-corrected chi connectivity index (χ1v) is 10.7. The maximum Gasteiger partial charge on any atom is 0.228 e. The van der Waals surface area contributed by atoms with Crippen molar-refractivity contribution in [3.05, 3.63) is 59.9 Å². The van der Waals surface area contributed by atoms with Crippen LogP contribution in [0.2, 0.25) is 0 Å². The Morgan fingerprint density at radius 3 is 2.52 bits per heavy atom. The van der Waals surface area contributed by atoms with Crippen LogP contribution in [0.5, 0.6) is 0 Å². The van der Waals surface area contributed by atoms with Gasteiger partial charge >= 0.3 is 0 Å². The molecular formula is C25H27N5O3. The molecule has 0 bridgehead atoms. The molecule has 1 aromatic carbocycles. The van der Waals surface area contributed by atoms with E-state index in [9.17, 15) is 14.4 Å². The smallest absolute Gasteiger partial charge is 0.228 e. The lowest BCUT2D eigenvalue weighted by molar-refractivity contribution is -0.138. The summed E-state index contributed by atoms with van der Waals surface area (Å²) < 4.78 is 0. The summed E-state index contributed by atoms with van der Waals surface area (Å²) in [6.07, 6.45) is 2.15. The average molecular weight is 446 g/mol. The van der Waals surface area contributed by atoms with Gasteiger partial charge in [0.25, 0.3) is 0 Å². The maximum atomic E-state index is 13.4. The SMILES string of the molecule is CC(=O)Nc1cc(-c2[nH]c3c(c2Nc2ccccc2)C(=O)CC(C)(C(=O)N(C)C)C3)ccn1. The Kier molecular flexibility index (Phi) is 5.76. The van der Waals surface area contributed by atoms with Gasteiger partial charge in [-0.3, -0.25) is 14.4 Å². The molecule has 1 aliphatic carbocycles. The quantitative estimate of drug-likeness (QED) is 0.550. The van der Waals surface area contributed by atoms with E-state index in [1.165, 1.54) is 11.8 Å². The van der Waals surface area contributed by atoms with Crippen molar-refractivity contribution < 1.29 is 14.4 Å². The Bertz CT molecular complexity index is 1230. The van der Waals surface area contributed by atoms with Gasteiger partial charge in [-0.2, -0.15) is 0 Å². The number of fused-ring (bicyclic) bond motifs is 1.